The van der Waals surface area contributed by atoms with Gasteiger partial charge in [-0.1, -0.05) is 6.42 Å². The van der Waals surface area contributed by atoms with Gasteiger partial charge in [-0.25, -0.2) is 9.78 Å². The van der Waals surface area contributed by atoms with E-state index in [9.17, 15) is 9.59 Å². The molecule has 3 rings (SSSR count). The number of carbonyl (C=O) groups is 2. The number of aromatic nitrogens is 1. The van der Waals surface area contributed by atoms with E-state index in [-0.39, 0.29) is 18.0 Å². The zero-order chi connectivity index (χ0) is 17.1. The van der Waals surface area contributed by atoms with Gasteiger partial charge in [0.25, 0.3) is 0 Å². The van der Waals surface area contributed by atoms with Crippen LogP contribution in [0, 0.1) is 0 Å². The number of thiazole rings is 1. The summed E-state index contributed by atoms with van der Waals surface area (Å²) in [6.45, 7) is 2.95. The fourth-order valence-electron chi connectivity index (χ4n) is 3.47. The molecule has 1 aromatic rings. The summed E-state index contributed by atoms with van der Waals surface area (Å²) in [5.41, 5.74) is 1.18. The van der Waals surface area contributed by atoms with Crippen LogP contribution in [-0.4, -0.2) is 52.9 Å². The highest BCUT2D eigenvalue weighted by Gasteiger charge is 2.27. The molecular formula is C17H26N4O2S. The lowest BCUT2D eigenvalue weighted by atomic mass is 10.0. The van der Waals surface area contributed by atoms with Gasteiger partial charge in [0.1, 0.15) is 0 Å². The van der Waals surface area contributed by atoms with E-state index in [4.69, 9.17) is 0 Å². The van der Waals surface area contributed by atoms with E-state index in [2.05, 4.69) is 10.3 Å². The normalized spacial score (nSPS) is 18.7. The van der Waals surface area contributed by atoms with Gasteiger partial charge in [0.05, 0.1) is 5.69 Å². The number of hydrogen-bond acceptors (Lipinski definition) is 4. The SMILES string of the molecule is CC(=O)N(C)C1CCN(C(=O)Nc2nc3c(s2)CCCCC3)CC1. The Kier molecular flexibility index (Phi) is 5.38. The number of carbonyl (C=O) groups excluding carboxylic acids is 2. The maximum atomic E-state index is 12.5. The minimum atomic E-state index is -0.0668. The van der Waals surface area contributed by atoms with E-state index in [0.717, 1.165) is 30.8 Å². The van der Waals surface area contributed by atoms with Crippen LogP contribution >= 0.6 is 11.3 Å². The van der Waals surface area contributed by atoms with Gasteiger partial charge in [-0.15, -0.1) is 11.3 Å². The Balaban J connectivity index is 1.54. The molecule has 2 heterocycles. The Morgan fingerprint density at radius 1 is 1.21 bits per heavy atom. The number of amides is 3. The van der Waals surface area contributed by atoms with Gasteiger partial charge < -0.3 is 9.80 Å². The maximum absolute atomic E-state index is 12.5. The summed E-state index contributed by atoms with van der Waals surface area (Å²) in [5, 5.41) is 3.70. The molecule has 0 radical (unpaired) electrons. The van der Waals surface area contributed by atoms with E-state index in [1.165, 1.54) is 29.8 Å². The van der Waals surface area contributed by atoms with Crippen LogP contribution in [0.15, 0.2) is 0 Å². The van der Waals surface area contributed by atoms with Crippen molar-refractivity contribution in [1.29, 1.82) is 0 Å². The molecule has 0 bridgehead atoms. The molecule has 1 aliphatic heterocycles. The average Bonchev–Trinajstić information content (AvgIpc) is 2.82. The molecule has 0 unspecified atom stereocenters. The second-order valence-electron chi connectivity index (χ2n) is 6.73. The quantitative estimate of drug-likeness (QED) is 0.834. The number of anilines is 1. The zero-order valence-electron chi connectivity index (χ0n) is 14.5. The third kappa shape index (κ3) is 3.88. The van der Waals surface area contributed by atoms with Crippen molar-refractivity contribution in [2.45, 2.75) is 57.9 Å². The molecule has 24 heavy (non-hydrogen) atoms. The Bertz CT molecular complexity index is 584. The van der Waals surface area contributed by atoms with Crippen LogP contribution in [-0.2, 0) is 17.6 Å². The van der Waals surface area contributed by atoms with E-state index in [1.54, 1.807) is 23.2 Å². The van der Waals surface area contributed by atoms with E-state index in [1.807, 2.05) is 11.9 Å². The first-order valence-electron chi connectivity index (χ1n) is 8.82. The first-order valence-corrected chi connectivity index (χ1v) is 9.64. The van der Waals surface area contributed by atoms with Crippen molar-refractivity contribution in [3.63, 3.8) is 0 Å². The molecule has 1 aromatic heterocycles. The lowest BCUT2D eigenvalue weighted by molar-refractivity contribution is -0.130. The van der Waals surface area contributed by atoms with Crippen molar-refractivity contribution in [2.75, 3.05) is 25.5 Å². The highest BCUT2D eigenvalue weighted by Crippen LogP contribution is 2.29. The summed E-state index contributed by atoms with van der Waals surface area (Å²) in [5.74, 6) is 0.0854. The summed E-state index contributed by atoms with van der Waals surface area (Å²) in [4.78, 5) is 33.5. The smallest absolute Gasteiger partial charge is 0.323 e. The number of urea groups is 1. The standard InChI is InChI=1S/C17H26N4O2S/c1-12(22)20(2)13-8-10-21(11-9-13)17(23)19-16-18-14-6-4-3-5-7-15(14)24-16/h13H,3-11H2,1-2H3,(H,18,19,23). The lowest BCUT2D eigenvalue weighted by Gasteiger charge is -2.36. The summed E-state index contributed by atoms with van der Waals surface area (Å²) in [6, 6.07) is 0.172. The van der Waals surface area contributed by atoms with E-state index in [0.29, 0.717) is 13.1 Å². The lowest BCUT2D eigenvalue weighted by Crippen LogP contribution is -2.47. The van der Waals surface area contributed by atoms with Crippen LogP contribution in [0.2, 0.25) is 0 Å². The Hall–Kier alpha value is -1.63. The van der Waals surface area contributed by atoms with Gasteiger partial charge in [0.15, 0.2) is 5.13 Å². The number of piperidine rings is 1. The van der Waals surface area contributed by atoms with Gasteiger partial charge >= 0.3 is 6.03 Å². The van der Waals surface area contributed by atoms with Crippen LogP contribution in [0.3, 0.4) is 0 Å². The summed E-state index contributed by atoms with van der Waals surface area (Å²) >= 11 is 1.63. The van der Waals surface area contributed by atoms with Crippen molar-refractivity contribution >= 4 is 28.4 Å². The summed E-state index contributed by atoms with van der Waals surface area (Å²) < 4.78 is 0. The van der Waals surface area contributed by atoms with Crippen molar-refractivity contribution in [3.05, 3.63) is 10.6 Å². The van der Waals surface area contributed by atoms with Crippen molar-refractivity contribution in [3.8, 4) is 0 Å². The van der Waals surface area contributed by atoms with Crippen LogP contribution in [0.4, 0.5) is 9.93 Å². The topological polar surface area (TPSA) is 65.5 Å². The maximum Gasteiger partial charge on any atom is 0.323 e. The van der Waals surface area contributed by atoms with Crippen molar-refractivity contribution in [1.82, 2.24) is 14.8 Å². The second-order valence-corrected chi connectivity index (χ2v) is 7.81. The monoisotopic (exact) mass is 350 g/mol. The molecule has 1 saturated heterocycles. The van der Waals surface area contributed by atoms with Gasteiger partial charge in [-0.2, -0.15) is 0 Å². The Morgan fingerprint density at radius 2 is 1.92 bits per heavy atom. The van der Waals surface area contributed by atoms with E-state index >= 15 is 0 Å². The van der Waals surface area contributed by atoms with Gasteiger partial charge in [-0.3, -0.25) is 10.1 Å². The van der Waals surface area contributed by atoms with Crippen LogP contribution < -0.4 is 5.32 Å². The first-order chi connectivity index (χ1) is 11.5. The summed E-state index contributed by atoms with van der Waals surface area (Å²) in [7, 11) is 1.84. The number of fused-ring (bicyclic) bond motifs is 1. The fourth-order valence-corrected chi connectivity index (χ4v) is 4.51. The molecule has 2 aliphatic rings. The molecule has 3 amide bonds. The molecule has 132 valence electrons. The Labute approximate surface area is 147 Å². The number of hydrogen-bond donors (Lipinski definition) is 1. The Morgan fingerprint density at radius 3 is 2.62 bits per heavy atom. The third-order valence-electron chi connectivity index (χ3n) is 5.11. The van der Waals surface area contributed by atoms with Crippen LogP contribution in [0.25, 0.3) is 0 Å². The van der Waals surface area contributed by atoms with Crippen LogP contribution in [0.5, 0.6) is 0 Å². The zero-order valence-corrected chi connectivity index (χ0v) is 15.3. The fraction of sp³-hybridized carbons (Fsp3) is 0.706. The van der Waals surface area contributed by atoms with Crippen molar-refractivity contribution < 1.29 is 9.59 Å². The minimum Gasteiger partial charge on any atom is -0.343 e. The molecule has 6 nitrogen and oxygen atoms in total. The van der Waals surface area contributed by atoms with Crippen LogP contribution in [0.1, 0.15) is 49.6 Å². The number of nitrogens with zero attached hydrogens (tertiary/aromatic N) is 3. The molecule has 0 spiro atoms. The molecule has 0 saturated carbocycles. The number of rotatable bonds is 2. The van der Waals surface area contributed by atoms with Crippen molar-refractivity contribution in [2.24, 2.45) is 0 Å². The molecular weight excluding hydrogens is 324 g/mol. The first kappa shape index (κ1) is 17.2. The minimum absolute atomic E-state index is 0.0668. The van der Waals surface area contributed by atoms with Gasteiger partial charge in [-0.05, 0) is 38.5 Å². The highest BCUT2D eigenvalue weighted by molar-refractivity contribution is 7.15. The number of nitrogens with one attached hydrogen (secondary N) is 1. The molecule has 1 fully saturated rings. The molecule has 1 N–H and O–H groups in total. The molecule has 0 atom stereocenters. The summed E-state index contributed by atoms with van der Waals surface area (Å²) in [6.07, 6.45) is 7.47. The number of aryl methyl sites for hydroxylation is 2. The third-order valence-corrected chi connectivity index (χ3v) is 6.18. The largest absolute Gasteiger partial charge is 0.343 e. The van der Waals surface area contributed by atoms with E-state index < -0.39 is 0 Å². The number of likely N-dealkylation sites (tertiary alicyclic amines) is 1. The predicted molar refractivity (Wildman–Crippen MR) is 95.4 cm³/mol. The molecule has 7 heteroatoms. The molecule has 1 aliphatic carbocycles. The average molecular weight is 350 g/mol. The van der Waals surface area contributed by atoms with Gasteiger partial charge in [0, 0.05) is 38.0 Å². The predicted octanol–water partition coefficient (Wildman–Crippen LogP) is 2.89. The highest BCUT2D eigenvalue weighted by atomic mass is 32.1. The second kappa shape index (κ2) is 7.51. The molecule has 0 aromatic carbocycles. The van der Waals surface area contributed by atoms with Gasteiger partial charge in [0.2, 0.25) is 5.91 Å².